The van der Waals surface area contributed by atoms with E-state index in [-0.39, 0.29) is 7.43 Å². The molecule has 1 saturated carbocycles. The monoisotopic (exact) mass is 204 g/mol. The lowest BCUT2D eigenvalue weighted by Gasteiger charge is -2.20. The van der Waals surface area contributed by atoms with E-state index in [0.717, 1.165) is 6.42 Å². The summed E-state index contributed by atoms with van der Waals surface area (Å²) in [6.07, 6.45) is 10.4. The zero-order valence-corrected chi connectivity index (χ0v) is 8.86. The fourth-order valence-electron chi connectivity index (χ4n) is 2.65. The molecule has 0 heteroatoms. The van der Waals surface area contributed by atoms with Gasteiger partial charge in [0.1, 0.15) is 0 Å². The molecule has 1 aliphatic carbocycles. The molecule has 4 atom stereocenters. The lowest BCUT2D eigenvalue weighted by Crippen LogP contribution is -2.13. The molecule has 0 aliphatic heterocycles. The maximum absolute atomic E-state index is 3.93. The van der Waals surface area contributed by atoms with E-state index in [0.29, 0.717) is 23.7 Å². The Bertz CT molecular complexity index is 236. The Hall–Kier alpha value is -1.04. The summed E-state index contributed by atoms with van der Waals surface area (Å²) in [5.74, 6) is 2.35. The van der Waals surface area contributed by atoms with E-state index in [2.05, 4.69) is 44.5 Å². The van der Waals surface area contributed by atoms with Crippen molar-refractivity contribution in [1.82, 2.24) is 0 Å². The van der Waals surface area contributed by atoms with Crippen molar-refractivity contribution in [2.24, 2.45) is 23.7 Å². The van der Waals surface area contributed by atoms with Gasteiger partial charge in [0.25, 0.3) is 0 Å². The van der Waals surface area contributed by atoms with Gasteiger partial charge in [-0.05, 0) is 36.5 Å². The second-order valence-corrected chi connectivity index (χ2v) is 4.04. The lowest BCUT2D eigenvalue weighted by atomic mass is 9.84. The Morgan fingerprint density at radius 2 is 1.53 bits per heavy atom. The second kappa shape index (κ2) is 6.44. The molecule has 1 fully saturated rings. The summed E-state index contributed by atoms with van der Waals surface area (Å²) in [6.45, 7) is 15.5. The number of rotatable bonds is 5. The van der Waals surface area contributed by atoms with E-state index in [1.165, 1.54) is 6.42 Å². The average Bonchev–Trinajstić information content (AvgIpc) is 2.56. The van der Waals surface area contributed by atoms with Crippen LogP contribution in [0, 0.1) is 23.7 Å². The molecule has 0 aromatic heterocycles. The first-order valence-electron chi connectivity index (χ1n) is 5.27. The van der Waals surface area contributed by atoms with Crippen LogP contribution >= 0.6 is 0 Å². The van der Waals surface area contributed by atoms with Crippen molar-refractivity contribution in [3.05, 3.63) is 50.6 Å². The molecule has 0 saturated heterocycles. The molecular formula is C15H24. The molecule has 0 nitrogen and oxygen atoms in total. The lowest BCUT2D eigenvalue weighted by molar-refractivity contribution is 0.389. The molecular weight excluding hydrogens is 180 g/mol. The van der Waals surface area contributed by atoms with Crippen molar-refractivity contribution in [3.8, 4) is 0 Å². The van der Waals surface area contributed by atoms with Crippen molar-refractivity contribution in [2.45, 2.75) is 20.3 Å². The van der Waals surface area contributed by atoms with Gasteiger partial charge < -0.3 is 0 Å². The van der Waals surface area contributed by atoms with Crippen LogP contribution in [-0.4, -0.2) is 0 Å². The van der Waals surface area contributed by atoms with E-state index >= 15 is 0 Å². The predicted molar refractivity (Wildman–Crippen MR) is 70.7 cm³/mol. The van der Waals surface area contributed by atoms with Gasteiger partial charge in [-0.15, -0.1) is 26.3 Å². The summed E-state index contributed by atoms with van der Waals surface area (Å²) in [6, 6.07) is 0. The summed E-state index contributed by atoms with van der Waals surface area (Å²) in [5, 5.41) is 0. The summed E-state index contributed by atoms with van der Waals surface area (Å²) in [7, 11) is 0. The van der Waals surface area contributed by atoms with Crippen molar-refractivity contribution in [1.29, 1.82) is 0 Å². The Morgan fingerprint density at radius 3 is 1.93 bits per heavy atom. The summed E-state index contributed by atoms with van der Waals surface area (Å²) >= 11 is 0. The topological polar surface area (TPSA) is 0 Å². The zero-order valence-electron chi connectivity index (χ0n) is 8.86. The highest BCUT2D eigenvalue weighted by molar-refractivity contribution is 5.08. The van der Waals surface area contributed by atoms with Gasteiger partial charge in [-0.2, -0.15) is 0 Å². The number of hydrogen-bond donors (Lipinski definition) is 0. The first-order chi connectivity index (χ1) is 6.78. The van der Waals surface area contributed by atoms with Crippen molar-refractivity contribution in [3.63, 3.8) is 0 Å². The summed E-state index contributed by atoms with van der Waals surface area (Å²) in [4.78, 5) is 0. The third-order valence-corrected chi connectivity index (χ3v) is 3.40. The standard InChI is InChI=1S/C14H20.CH4/c1-5-9-14-12(7-3)10-11(6-2)13(14)8-4;/h5-8,11-14H,1-4,9-10H2;1H4. The molecule has 0 aromatic rings. The summed E-state index contributed by atoms with van der Waals surface area (Å²) in [5.41, 5.74) is 0. The van der Waals surface area contributed by atoms with Gasteiger partial charge >= 0.3 is 0 Å². The molecule has 15 heavy (non-hydrogen) atoms. The smallest absolute Gasteiger partial charge is 0.0136 e. The molecule has 1 rings (SSSR count). The van der Waals surface area contributed by atoms with E-state index in [1.54, 1.807) is 0 Å². The summed E-state index contributed by atoms with van der Waals surface area (Å²) < 4.78 is 0. The number of allylic oxidation sites excluding steroid dienone is 4. The highest BCUT2D eigenvalue weighted by atomic mass is 14.4. The maximum Gasteiger partial charge on any atom is -0.0136 e. The van der Waals surface area contributed by atoms with E-state index in [1.807, 2.05) is 6.08 Å². The minimum atomic E-state index is 0. The van der Waals surface area contributed by atoms with Gasteiger partial charge in [-0.3, -0.25) is 0 Å². The fourth-order valence-corrected chi connectivity index (χ4v) is 2.65. The van der Waals surface area contributed by atoms with Crippen LogP contribution in [-0.2, 0) is 0 Å². The van der Waals surface area contributed by atoms with E-state index < -0.39 is 0 Å². The third kappa shape index (κ3) is 2.71. The van der Waals surface area contributed by atoms with E-state index in [4.69, 9.17) is 0 Å². The largest absolute Gasteiger partial charge is 0.103 e. The molecule has 0 amide bonds. The first kappa shape index (κ1) is 14.0. The van der Waals surface area contributed by atoms with Crippen LogP contribution in [0.4, 0.5) is 0 Å². The van der Waals surface area contributed by atoms with Gasteiger partial charge in [0.05, 0.1) is 0 Å². The Labute approximate surface area is 95.1 Å². The second-order valence-electron chi connectivity index (χ2n) is 4.04. The highest BCUT2D eigenvalue weighted by Crippen LogP contribution is 2.45. The quantitative estimate of drug-likeness (QED) is 0.573. The minimum absolute atomic E-state index is 0. The maximum atomic E-state index is 3.93. The van der Waals surface area contributed by atoms with Gasteiger partial charge in [0.15, 0.2) is 0 Å². The van der Waals surface area contributed by atoms with Crippen LogP contribution in [0.15, 0.2) is 50.6 Å². The molecule has 0 heterocycles. The van der Waals surface area contributed by atoms with Crippen LogP contribution in [0.25, 0.3) is 0 Å². The molecule has 0 bridgehead atoms. The van der Waals surface area contributed by atoms with Crippen LogP contribution in [0.2, 0.25) is 0 Å². The number of hydrogen-bond acceptors (Lipinski definition) is 0. The van der Waals surface area contributed by atoms with Crippen LogP contribution in [0.1, 0.15) is 20.3 Å². The Morgan fingerprint density at radius 1 is 0.933 bits per heavy atom. The van der Waals surface area contributed by atoms with Gasteiger partial charge in [-0.25, -0.2) is 0 Å². The highest BCUT2D eigenvalue weighted by Gasteiger charge is 2.37. The molecule has 0 radical (unpaired) electrons. The van der Waals surface area contributed by atoms with Crippen molar-refractivity contribution in [2.75, 3.05) is 0 Å². The van der Waals surface area contributed by atoms with Crippen molar-refractivity contribution < 1.29 is 0 Å². The molecule has 4 unspecified atom stereocenters. The third-order valence-electron chi connectivity index (χ3n) is 3.40. The molecule has 0 N–H and O–H groups in total. The predicted octanol–water partition coefficient (Wildman–Crippen LogP) is 4.63. The van der Waals surface area contributed by atoms with Gasteiger partial charge in [-0.1, -0.05) is 31.7 Å². The van der Waals surface area contributed by atoms with Crippen LogP contribution in [0.3, 0.4) is 0 Å². The first-order valence-corrected chi connectivity index (χ1v) is 5.27. The minimum Gasteiger partial charge on any atom is -0.103 e. The van der Waals surface area contributed by atoms with Crippen LogP contribution in [0.5, 0.6) is 0 Å². The van der Waals surface area contributed by atoms with Crippen LogP contribution < -0.4 is 0 Å². The normalized spacial score (nSPS) is 33.9. The Kier molecular flexibility index (Phi) is 6.00. The SMILES string of the molecule is C.C=CCC1C(C=C)CC(C=C)C1C=C. The zero-order chi connectivity index (χ0) is 10.6. The average molecular weight is 204 g/mol. The molecule has 1 aliphatic rings. The fraction of sp³-hybridized carbons (Fsp3) is 0.467. The molecule has 0 spiro atoms. The Balaban J connectivity index is 0.00000196. The van der Waals surface area contributed by atoms with Gasteiger partial charge in [0.2, 0.25) is 0 Å². The van der Waals surface area contributed by atoms with Gasteiger partial charge in [0, 0.05) is 0 Å². The van der Waals surface area contributed by atoms with E-state index in [9.17, 15) is 0 Å². The molecule has 0 aromatic carbocycles. The van der Waals surface area contributed by atoms with Crippen molar-refractivity contribution >= 4 is 0 Å². The molecule has 84 valence electrons.